The van der Waals surface area contributed by atoms with Gasteiger partial charge in [-0.3, -0.25) is 0 Å². The van der Waals surface area contributed by atoms with Crippen molar-refractivity contribution in [3.63, 3.8) is 0 Å². The molecule has 56 heavy (non-hydrogen) atoms. The summed E-state index contributed by atoms with van der Waals surface area (Å²) in [6, 6.07) is 74.7. The average molecular weight is 717 g/mol. The molecule has 2 heteroatoms. The topological polar surface area (TPSA) is 6.48 Å². The Morgan fingerprint density at radius 2 is 0.768 bits per heavy atom. The van der Waals surface area contributed by atoms with Crippen molar-refractivity contribution in [3.8, 4) is 22.3 Å². The van der Waals surface area contributed by atoms with E-state index in [1.54, 1.807) is 0 Å². The van der Waals surface area contributed by atoms with Crippen LogP contribution in [0, 0.1) is 0 Å². The van der Waals surface area contributed by atoms with Crippen LogP contribution in [0.3, 0.4) is 0 Å². The summed E-state index contributed by atoms with van der Waals surface area (Å²) < 4.78 is 0. The number of rotatable bonds is 8. The van der Waals surface area contributed by atoms with Crippen LogP contribution in [-0.2, 0) is 6.42 Å². The van der Waals surface area contributed by atoms with Crippen molar-refractivity contribution in [2.75, 3.05) is 9.80 Å². The summed E-state index contributed by atoms with van der Waals surface area (Å²) in [5.41, 5.74) is 14.4. The molecule has 266 valence electrons. The van der Waals surface area contributed by atoms with Crippen molar-refractivity contribution in [2.45, 2.75) is 12.8 Å². The molecule has 0 saturated carbocycles. The van der Waals surface area contributed by atoms with Crippen LogP contribution in [0.5, 0.6) is 0 Å². The van der Waals surface area contributed by atoms with Gasteiger partial charge in [-0.2, -0.15) is 0 Å². The van der Waals surface area contributed by atoms with Crippen molar-refractivity contribution in [1.82, 2.24) is 0 Å². The molecule has 9 aromatic carbocycles. The number of para-hydroxylation sites is 2. The lowest BCUT2D eigenvalue weighted by Crippen LogP contribution is -2.14. The van der Waals surface area contributed by atoms with E-state index in [0.29, 0.717) is 0 Å². The van der Waals surface area contributed by atoms with Crippen LogP contribution in [-0.4, -0.2) is 0 Å². The summed E-state index contributed by atoms with van der Waals surface area (Å²) in [5, 5.41) is 5.00. The standard InChI is InChI=1S/C54H40N2/c1-5-17-39(18-6-1)41-29-33-46(34-30-41)55(44-21-9-3-10-22-44)52-37-43-38-53(49-26-14-16-28-51(49)54(43)50-27-15-13-25-48(50)52)56(45-23-11-4-12-24-45)47-35-31-42(32-36-47)40-19-7-2-8-20-40/h1-13,15-25,27-38H,14,26H2. The second kappa shape index (κ2) is 14.6. The Labute approximate surface area is 328 Å². The van der Waals surface area contributed by atoms with E-state index in [2.05, 4.69) is 228 Å². The highest BCUT2D eigenvalue weighted by Gasteiger charge is 2.25. The van der Waals surface area contributed by atoms with E-state index in [-0.39, 0.29) is 0 Å². The van der Waals surface area contributed by atoms with Gasteiger partial charge in [-0.1, -0.05) is 158 Å². The van der Waals surface area contributed by atoms with Gasteiger partial charge in [0.15, 0.2) is 0 Å². The van der Waals surface area contributed by atoms with Crippen LogP contribution in [0.1, 0.15) is 17.5 Å². The second-order valence-corrected chi connectivity index (χ2v) is 14.4. The lowest BCUT2D eigenvalue weighted by Gasteiger charge is -2.32. The minimum absolute atomic E-state index is 0.975. The minimum Gasteiger partial charge on any atom is -0.310 e. The maximum atomic E-state index is 2.46. The molecule has 0 aliphatic heterocycles. The molecule has 0 N–H and O–H groups in total. The molecule has 0 bridgehead atoms. The number of benzene rings is 9. The SMILES string of the molecule is C1=Cc2c(c(N(c3ccccc3)c3ccc(-c4ccccc4)cc3)cc3cc(N(c4ccccc4)c4ccc(-c5ccccc5)cc4)c4ccccc4c23)CC1. The van der Waals surface area contributed by atoms with Gasteiger partial charge < -0.3 is 9.80 Å². The fourth-order valence-electron chi connectivity index (χ4n) is 8.45. The molecule has 0 aromatic heterocycles. The van der Waals surface area contributed by atoms with Gasteiger partial charge in [0, 0.05) is 28.1 Å². The molecule has 10 rings (SSSR count). The maximum absolute atomic E-state index is 2.46. The molecule has 0 amide bonds. The first kappa shape index (κ1) is 33.4. The Kier molecular flexibility index (Phi) is 8.70. The Hall–Kier alpha value is -7.16. The predicted molar refractivity (Wildman–Crippen MR) is 239 cm³/mol. The number of anilines is 6. The van der Waals surface area contributed by atoms with E-state index < -0.39 is 0 Å². The molecule has 0 spiro atoms. The minimum atomic E-state index is 0.975. The van der Waals surface area contributed by atoms with Crippen molar-refractivity contribution >= 4 is 61.7 Å². The molecule has 0 atom stereocenters. The lowest BCUT2D eigenvalue weighted by molar-refractivity contribution is 0.984. The smallest absolute Gasteiger partial charge is 0.0546 e. The molecule has 2 nitrogen and oxygen atoms in total. The molecule has 0 radical (unpaired) electrons. The lowest BCUT2D eigenvalue weighted by atomic mass is 9.86. The molecule has 0 heterocycles. The maximum Gasteiger partial charge on any atom is 0.0546 e. The summed E-state index contributed by atoms with van der Waals surface area (Å²) in [4.78, 5) is 4.88. The first-order valence-corrected chi connectivity index (χ1v) is 19.5. The van der Waals surface area contributed by atoms with Gasteiger partial charge in [0.1, 0.15) is 0 Å². The number of fused-ring (bicyclic) bond motifs is 5. The Morgan fingerprint density at radius 3 is 1.30 bits per heavy atom. The van der Waals surface area contributed by atoms with E-state index in [1.165, 1.54) is 60.6 Å². The third kappa shape index (κ3) is 6.12. The first-order valence-electron chi connectivity index (χ1n) is 19.5. The fraction of sp³-hybridized carbons (Fsp3) is 0.0370. The molecule has 1 aliphatic rings. The van der Waals surface area contributed by atoms with Crippen molar-refractivity contribution in [3.05, 3.63) is 223 Å². The van der Waals surface area contributed by atoms with E-state index in [4.69, 9.17) is 0 Å². The highest BCUT2D eigenvalue weighted by Crippen LogP contribution is 2.48. The zero-order valence-corrected chi connectivity index (χ0v) is 31.1. The number of nitrogens with zero attached hydrogens (tertiary/aromatic N) is 2. The quantitative estimate of drug-likeness (QED) is 0.144. The van der Waals surface area contributed by atoms with Crippen molar-refractivity contribution in [1.29, 1.82) is 0 Å². The van der Waals surface area contributed by atoms with Crippen molar-refractivity contribution in [2.24, 2.45) is 0 Å². The van der Waals surface area contributed by atoms with Crippen LogP contribution < -0.4 is 9.80 Å². The van der Waals surface area contributed by atoms with Gasteiger partial charge in [0.25, 0.3) is 0 Å². The Bertz CT molecular complexity index is 2810. The normalized spacial score (nSPS) is 12.1. The highest BCUT2D eigenvalue weighted by molar-refractivity contribution is 6.18. The van der Waals surface area contributed by atoms with E-state index >= 15 is 0 Å². The fourth-order valence-corrected chi connectivity index (χ4v) is 8.45. The molecule has 1 aliphatic carbocycles. The molecule has 0 unspecified atom stereocenters. The van der Waals surface area contributed by atoms with Gasteiger partial charge >= 0.3 is 0 Å². The molecule has 9 aromatic rings. The second-order valence-electron chi connectivity index (χ2n) is 14.4. The van der Waals surface area contributed by atoms with Crippen LogP contribution in [0.25, 0.3) is 49.9 Å². The Balaban J connectivity index is 1.20. The van der Waals surface area contributed by atoms with Crippen LogP contribution >= 0.6 is 0 Å². The van der Waals surface area contributed by atoms with Crippen LogP contribution in [0.2, 0.25) is 0 Å². The molecule has 0 fully saturated rings. The average Bonchev–Trinajstić information content (AvgIpc) is 3.28. The van der Waals surface area contributed by atoms with Crippen LogP contribution in [0.4, 0.5) is 34.1 Å². The predicted octanol–water partition coefficient (Wildman–Crippen LogP) is 15.2. The third-order valence-corrected chi connectivity index (χ3v) is 11.1. The number of hydrogen-bond acceptors (Lipinski definition) is 2. The van der Waals surface area contributed by atoms with Gasteiger partial charge in [-0.05, 0) is 123 Å². The van der Waals surface area contributed by atoms with Gasteiger partial charge in [0.05, 0.1) is 11.4 Å². The number of hydrogen-bond donors (Lipinski definition) is 0. The Morgan fingerprint density at radius 1 is 0.357 bits per heavy atom. The summed E-state index contributed by atoms with van der Waals surface area (Å²) in [7, 11) is 0. The number of allylic oxidation sites excluding steroid dienone is 1. The van der Waals surface area contributed by atoms with Crippen LogP contribution in [0.15, 0.2) is 212 Å². The zero-order valence-electron chi connectivity index (χ0n) is 31.1. The van der Waals surface area contributed by atoms with Gasteiger partial charge in [-0.15, -0.1) is 0 Å². The summed E-state index contributed by atoms with van der Waals surface area (Å²) in [5.74, 6) is 0. The summed E-state index contributed by atoms with van der Waals surface area (Å²) in [6.45, 7) is 0. The van der Waals surface area contributed by atoms with E-state index in [9.17, 15) is 0 Å². The first-order chi connectivity index (χ1) is 27.8. The largest absolute Gasteiger partial charge is 0.310 e. The molecular weight excluding hydrogens is 677 g/mol. The van der Waals surface area contributed by atoms with Crippen molar-refractivity contribution < 1.29 is 0 Å². The zero-order chi connectivity index (χ0) is 37.3. The monoisotopic (exact) mass is 716 g/mol. The summed E-state index contributed by atoms with van der Waals surface area (Å²) in [6.07, 6.45) is 6.70. The third-order valence-electron chi connectivity index (χ3n) is 11.1. The van der Waals surface area contributed by atoms with Gasteiger partial charge in [-0.25, -0.2) is 0 Å². The molecular formula is C54H40N2. The van der Waals surface area contributed by atoms with E-state index in [1.807, 2.05) is 0 Å². The molecule has 0 saturated heterocycles. The highest BCUT2D eigenvalue weighted by atomic mass is 15.2. The summed E-state index contributed by atoms with van der Waals surface area (Å²) >= 11 is 0. The van der Waals surface area contributed by atoms with E-state index in [0.717, 1.165) is 41.3 Å². The van der Waals surface area contributed by atoms with Gasteiger partial charge in [0.2, 0.25) is 0 Å².